The first kappa shape index (κ1) is 28.4. The molecular formula is C28H24N2O9. The van der Waals surface area contributed by atoms with Gasteiger partial charge in [0.25, 0.3) is 5.69 Å². The van der Waals surface area contributed by atoms with Gasteiger partial charge in [-0.1, -0.05) is 42.5 Å². The summed E-state index contributed by atoms with van der Waals surface area (Å²) in [6, 6.07) is 19.3. The molecule has 11 heteroatoms. The van der Waals surface area contributed by atoms with Gasteiger partial charge in [0.05, 0.1) is 16.9 Å². The summed E-state index contributed by atoms with van der Waals surface area (Å²) in [4.78, 5) is 71.1. The summed E-state index contributed by atoms with van der Waals surface area (Å²) < 4.78 is 10.1. The van der Waals surface area contributed by atoms with Gasteiger partial charge in [0.2, 0.25) is 17.5 Å². The van der Waals surface area contributed by atoms with E-state index in [9.17, 15) is 34.1 Å². The Morgan fingerprint density at radius 2 is 1.51 bits per heavy atom. The number of nitro groups is 1. The predicted octanol–water partition coefficient (Wildman–Crippen LogP) is 4.17. The quantitative estimate of drug-likeness (QED) is 0.156. The van der Waals surface area contributed by atoms with Crippen molar-refractivity contribution in [1.82, 2.24) is 0 Å². The molecule has 1 N–H and O–H groups in total. The highest BCUT2D eigenvalue weighted by atomic mass is 16.6. The zero-order valence-corrected chi connectivity index (χ0v) is 20.8. The summed E-state index contributed by atoms with van der Waals surface area (Å²) in [7, 11) is 0. The number of Topliss-reactive ketones (excluding diaryl/α,β-unsaturated/α-hetero) is 2. The first-order valence-electron chi connectivity index (χ1n) is 11.8. The van der Waals surface area contributed by atoms with E-state index in [4.69, 9.17) is 9.47 Å². The molecule has 0 spiro atoms. The Hall–Kier alpha value is -5.19. The highest BCUT2D eigenvalue weighted by Gasteiger charge is 2.20. The van der Waals surface area contributed by atoms with Crippen LogP contribution in [0.1, 0.15) is 50.8 Å². The number of nitrogens with one attached hydrogen (secondary N) is 1. The number of carbonyl (C=O) groups is 5. The lowest BCUT2D eigenvalue weighted by Gasteiger charge is -2.12. The molecule has 0 aliphatic carbocycles. The molecular weight excluding hydrogens is 508 g/mol. The average molecular weight is 533 g/mol. The smallest absolute Gasteiger partial charge is 0.338 e. The van der Waals surface area contributed by atoms with Crippen LogP contribution in [0.15, 0.2) is 78.9 Å². The zero-order valence-electron chi connectivity index (χ0n) is 20.8. The molecule has 0 radical (unpaired) electrons. The fourth-order valence-corrected chi connectivity index (χ4v) is 3.34. The van der Waals surface area contributed by atoms with E-state index >= 15 is 0 Å². The van der Waals surface area contributed by atoms with E-state index in [1.54, 1.807) is 30.3 Å². The highest BCUT2D eigenvalue weighted by Crippen LogP contribution is 2.15. The topological polar surface area (TPSA) is 159 Å². The number of benzene rings is 3. The van der Waals surface area contributed by atoms with Crippen LogP contribution in [0.4, 0.5) is 11.4 Å². The fourth-order valence-electron chi connectivity index (χ4n) is 3.34. The summed E-state index contributed by atoms with van der Waals surface area (Å²) in [6.07, 6.45) is -1.51. The van der Waals surface area contributed by atoms with Crippen molar-refractivity contribution in [2.45, 2.75) is 25.9 Å². The second-order valence-corrected chi connectivity index (χ2v) is 8.29. The molecule has 0 unspecified atom stereocenters. The number of amides is 1. The van der Waals surface area contributed by atoms with Crippen molar-refractivity contribution >= 4 is 40.8 Å². The molecule has 39 heavy (non-hydrogen) atoms. The van der Waals surface area contributed by atoms with Gasteiger partial charge in [0.1, 0.15) is 0 Å². The number of non-ortho nitro benzene ring substituents is 1. The number of carbonyl (C=O) groups excluding carboxylic acids is 5. The second-order valence-electron chi connectivity index (χ2n) is 8.29. The maximum absolute atomic E-state index is 12.4. The van der Waals surface area contributed by atoms with Crippen molar-refractivity contribution in [1.29, 1.82) is 0 Å². The summed E-state index contributed by atoms with van der Waals surface area (Å²) in [5.41, 5.74) is 0.728. The maximum atomic E-state index is 12.4. The van der Waals surface area contributed by atoms with Crippen molar-refractivity contribution in [3.63, 3.8) is 0 Å². The third-order valence-electron chi connectivity index (χ3n) is 5.42. The fraction of sp³-hybridized carbons (Fsp3) is 0.179. The summed E-state index contributed by atoms with van der Waals surface area (Å²) in [5, 5.41) is 13.4. The van der Waals surface area contributed by atoms with Crippen LogP contribution in [0.5, 0.6) is 0 Å². The molecule has 0 saturated heterocycles. The molecule has 0 aliphatic rings. The minimum atomic E-state index is -0.986. The van der Waals surface area contributed by atoms with Crippen LogP contribution < -0.4 is 5.32 Å². The monoisotopic (exact) mass is 532 g/mol. The molecule has 0 heterocycles. The Balaban J connectivity index is 1.41. The molecule has 0 aromatic heterocycles. The largest absolute Gasteiger partial charge is 0.457 e. The third kappa shape index (κ3) is 8.42. The lowest BCUT2D eigenvalue weighted by molar-refractivity contribution is -0.384. The molecule has 0 fully saturated rings. The van der Waals surface area contributed by atoms with Crippen molar-refractivity contribution < 1.29 is 38.4 Å². The number of esters is 2. The Labute approximate surface area is 222 Å². The van der Waals surface area contributed by atoms with Crippen molar-refractivity contribution in [3.05, 3.63) is 106 Å². The Kier molecular flexibility index (Phi) is 9.74. The normalized spacial score (nSPS) is 11.1. The van der Waals surface area contributed by atoms with Gasteiger partial charge in [0, 0.05) is 35.4 Å². The van der Waals surface area contributed by atoms with E-state index < -0.39 is 41.3 Å². The number of hydrogen-bond donors (Lipinski definition) is 1. The van der Waals surface area contributed by atoms with Gasteiger partial charge >= 0.3 is 11.9 Å². The van der Waals surface area contributed by atoms with Gasteiger partial charge in [-0.2, -0.15) is 0 Å². The number of rotatable bonds is 12. The number of nitro benzene ring substituents is 1. The molecule has 3 aromatic rings. The van der Waals surface area contributed by atoms with Gasteiger partial charge in [-0.15, -0.1) is 0 Å². The molecule has 1 amide bonds. The maximum Gasteiger partial charge on any atom is 0.338 e. The van der Waals surface area contributed by atoms with E-state index in [1.165, 1.54) is 49.4 Å². The van der Waals surface area contributed by atoms with Crippen LogP contribution in [-0.2, 0) is 19.1 Å². The molecule has 11 nitrogen and oxygen atoms in total. The molecule has 0 saturated carbocycles. The SMILES string of the molecule is C[C@@H](OC(=O)c1ccc(NC(=O)CCC(=O)OCC(=O)c2cccc([N+](=O)[O-])c2)cc1)C(=O)c1ccccc1. The van der Waals surface area contributed by atoms with E-state index in [2.05, 4.69) is 5.32 Å². The van der Waals surface area contributed by atoms with Crippen molar-refractivity contribution in [2.24, 2.45) is 0 Å². The van der Waals surface area contributed by atoms with Gasteiger partial charge in [-0.3, -0.25) is 29.3 Å². The summed E-state index contributed by atoms with van der Waals surface area (Å²) in [5.74, 6) is -2.95. The van der Waals surface area contributed by atoms with Crippen LogP contribution in [-0.4, -0.2) is 47.0 Å². The van der Waals surface area contributed by atoms with Crippen LogP contribution in [0.25, 0.3) is 0 Å². The van der Waals surface area contributed by atoms with Crippen LogP contribution in [0, 0.1) is 10.1 Å². The first-order chi connectivity index (χ1) is 18.6. The van der Waals surface area contributed by atoms with Crippen LogP contribution >= 0.6 is 0 Å². The summed E-state index contributed by atoms with van der Waals surface area (Å²) >= 11 is 0. The van der Waals surface area contributed by atoms with Crippen LogP contribution in [0.2, 0.25) is 0 Å². The lowest BCUT2D eigenvalue weighted by atomic mass is 10.1. The van der Waals surface area contributed by atoms with E-state index in [0.29, 0.717) is 11.3 Å². The Bertz CT molecular complexity index is 1390. The molecule has 3 aromatic carbocycles. The van der Waals surface area contributed by atoms with Crippen molar-refractivity contribution in [3.8, 4) is 0 Å². The number of anilines is 1. The molecule has 3 rings (SSSR count). The van der Waals surface area contributed by atoms with Gasteiger partial charge in [-0.25, -0.2) is 4.79 Å². The Morgan fingerprint density at radius 3 is 2.18 bits per heavy atom. The zero-order chi connectivity index (χ0) is 28.4. The highest BCUT2D eigenvalue weighted by molar-refractivity contribution is 6.01. The third-order valence-corrected chi connectivity index (χ3v) is 5.42. The number of nitrogens with zero attached hydrogens (tertiary/aromatic N) is 1. The number of ketones is 2. The van der Waals surface area contributed by atoms with Gasteiger partial charge in [-0.05, 0) is 31.2 Å². The average Bonchev–Trinajstić information content (AvgIpc) is 2.95. The second kappa shape index (κ2) is 13.4. The summed E-state index contributed by atoms with van der Waals surface area (Å²) in [6.45, 7) is 0.866. The Morgan fingerprint density at radius 1 is 0.846 bits per heavy atom. The predicted molar refractivity (Wildman–Crippen MR) is 138 cm³/mol. The lowest BCUT2D eigenvalue weighted by Crippen LogP contribution is -2.24. The first-order valence-corrected chi connectivity index (χ1v) is 11.8. The minimum Gasteiger partial charge on any atom is -0.457 e. The molecule has 200 valence electrons. The van der Waals surface area contributed by atoms with E-state index in [1.807, 2.05) is 0 Å². The van der Waals surface area contributed by atoms with E-state index in [-0.39, 0.29) is 35.4 Å². The van der Waals surface area contributed by atoms with E-state index in [0.717, 1.165) is 6.07 Å². The minimum absolute atomic E-state index is 0.0272. The van der Waals surface area contributed by atoms with Gasteiger partial charge < -0.3 is 14.8 Å². The molecule has 0 bridgehead atoms. The van der Waals surface area contributed by atoms with Crippen LogP contribution in [0.3, 0.4) is 0 Å². The standard InChI is InChI=1S/C28H24N2O9/c1-18(27(34)19-6-3-2-4-7-19)39-28(35)20-10-12-22(13-11-20)29-25(32)14-15-26(33)38-17-24(31)21-8-5-9-23(16-21)30(36)37/h2-13,16,18H,14-15,17H2,1H3,(H,29,32)/t18-/m1/s1. The van der Waals surface area contributed by atoms with Gasteiger partial charge in [0.15, 0.2) is 12.7 Å². The number of ether oxygens (including phenoxy) is 2. The molecule has 1 atom stereocenters. The number of hydrogen-bond acceptors (Lipinski definition) is 9. The molecule has 0 aliphatic heterocycles. The van der Waals surface area contributed by atoms with Crippen molar-refractivity contribution in [2.75, 3.05) is 11.9 Å².